The van der Waals surface area contributed by atoms with Crippen LogP contribution in [0.1, 0.15) is 7.43 Å². The van der Waals surface area contributed by atoms with Gasteiger partial charge in [0.05, 0.1) is 20.6 Å². The maximum absolute atomic E-state index is 12.3. The van der Waals surface area contributed by atoms with Crippen molar-refractivity contribution in [2.75, 3.05) is 10.5 Å². The summed E-state index contributed by atoms with van der Waals surface area (Å²) in [5.41, 5.74) is 5.73. The third-order valence-electron chi connectivity index (χ3n) is 2.75. The number of nitrogens with one attached hydrogen (secondary N) is 1. The summed E-state index contributed by atoms with van der Waals surface area (Å²) in [6.07, 6.45) is 0. The summed E-state index contributed by atoms with van der Waals surface area (Å²) in [5, 5.41) is -0.0922. The van der Waals surface area contributed by atoms with E-state index in [9.17, 15) is 16.8 Å². The number of nitrogens with two attached hydrogens (primary N) is 1. The van der Waals surface area contributed by atoms with E-state index in [2.05, 4.69) is 4.72 Å². The van der Waals surface area contributed by atoms with E-state index in [0.29, 0.717) is 0 Å². The molecule has 2 rings (SSSR count). The molecule has 11 heteroatoms. The Morgan fingerprint density at radius 3 is 2.00 bits per heavy atom. The topological polar surface area (TPSA) is 127 Å². The maximum Gasteiger partial charge on any atom is 0.294 e. The van der Waals surface area contributed by atoms with E-state index in [1.165, 1.54) is 18.2 Å². The third kappa shape index (κ3) is 4.52. The summed E-state index contributed by atoms with van der Waals surface area (Å²) in [7, 11) is -8.43. The highest BCUT2D eigenvalue weighted by Gasteiger charge is 2.20. The molecule has 0 bridgehead atoms. The summed E-state index contributed by atoms with van der Waals surface area (Å²) < 4.78 is 57.6. The number of hydrogen-bond acceptors (Lipinski definition) is 5. The zero-order valence-electron chi connectivity index (χ0n) is 11.2. The predicted octanol–water partition coefficient (Wildman–Crippen LogP) is 3.26. The zero-order chi connectivity index (χ0) is 17.4. The van der Waals surface area contributed by atoms with E-state index in [0.717, 1.165) is 18.2 Å². The van der Waals surface area contributed by atoms with E-state index in [4.69, 9.17) is 33.5 Å². The minimum absolute atomic E-state index is 0. The number of rotatable bonds is 4. The Morgan fingerprint density at radius 1 is 0.958 bits per heavy atom. The highest BCUT2D eigenvalue weighted by Crippen LogP contribution is 2.31. The molecule has 0 heterocycles. The van der Waals surface area contributed by atoms with Gasteiger partial charge in [0, 0.05) is 5.69 Å². The molecule has 0 aliphatic carbocycles. The van der Waals surface area contributed by atoms with E-state index >= 15 is 0 Å². The normalized spacial score (nSPS) is 11.6. The molecule has 4 N–H and O–H groups in total. The summed E-state index contributed by atoms with van der Waals surface area (Å²) in [6.45, 7) is 0. The molecule has 0 spiro atoms. The maximum atomic E-state index is 12.3. The van der Waals surface area contributed by atoms with Crippen LogP contribution in [0.2, 0.25) is 10.0 Å². The number of hydrogen-bond donors (Lipinski definition) is 3. The molecule has 132 valence electrons. The van der Waals surface area contributed by atoms with Gasteiger partial charge in [0.25, 0.3) is 20.1 Å². The first-order chi connectivity index (χ1) is 10.5. The van der Waals surface area contributed by atoms with Crippen LogP contribution in [-0.4, -0.2) is 21.4 Å². The molecule has 0 radical (unpaired) electrons. The number of benzene rings is 2. The largest absolute Gasteiger partial charge is 0.397 e. The second-order valence-corrected chi connectivity index (χ2v) is 8.30. The Bertz CT molecular complexity index is 959. The van der Waals surface area contributed by atoms with Gasteiger partial charge in [-0.1, -0.05) is 30.6 Å². The number of nitrogen functional groups attached to an aromatic ring is 1. The average Bonchev–Trinajstić information content (AvgIpc) is 2.41. The minimum atomic E-state index is -4.36. The average molecular weight is 413 g/mol. The van der Waals surface area contributed by atoms with Crippen molar-refractivity contribution in [3.05, 3.63) is 46.4 Å². The van der Waals surface area contributed by atoms with Crippen LogP contribution < -0.4 is 10.5 Å². The molecular formula is C13H14Cl2N2O5S2. The minimum Gasteiger partial charge on any atom is -0.397 e. The molecule has 0 amide bonds. The summed E-state index contributed by atoms with van der Waals surface area (Å²) in [6, 6.07) is 6.75. The zero-order valence-corrected chi connectivity index (χ0v) is 14.3. The van der Waals surface area contributed by atoms with Crippen molar-refractivity contribution in [1.82, 2.24) is 0 Å². The van der Waals surface area contributed by atoms with Gasteiger partial charge < -0.3 is 5.73 Å². The lowest BCUT2D eigenvalue weighted by atomic mass is 10.3. The van der Waals surface area contributed by atoms with Crippen LogP contribution in [0.3, 0.4) is 0 Å². The van der Waals surface area contributed by atoms with Gasteiger partial charge in [0.2, 0.25) is 0 Å². The first kappa shape index (κ1) is 20.5. The molecule has 0 aliphatic heterocycles. The highest BCUT2D eigenvalue weighted by atomic mass is 35.5. The predicted molar refractivity (Wildman–Crippen MR) is 94.7 cm³/mol. The van der Waals surface area contributed by atoms with Crippen LogP contribution in [0.5, 0.6) is 0 Å². The Morgan fingerprint density at radius 2 is 1.50 bits per heavy atom. The standard InChI is InChI=1S/C12H10Cl2N2O5S2.CH4/c13-9-6-12(10(14)5-11(9)15)22(17,18)16-7-1-3-8(4-2-7)23(19,20)21;/h1-6,16H,15H2,(H,19,20,21);1H4. The quantitative estimate of drug-likeness (QED) is 0.522. The Labute approximate surface area is 150 Å². The lowest BCUT2D eigenvalue weighted by molar-refractivity contribution is 0.483. The van der Waals surface area contributed by atoms with E-state index in [1.54, 1.807) is 0 Å². The first-order valence-corrected chi connectivity index (χ1v) is 9.53. The first-order valence-electron chi connectivity index (χ1n) is 5.85. The van der Waals surface area contributed by atoms with Crippen molar-refractivity contribution in [1.29, 1.82) is 0 Å². The summed E-state index contributed by atoms with van der Waals surface area (Å²) >= 11 is 11.7. The lowest BCUT2D eigenvalue weighted by Gasteiger charge is -2.11. The molecule has 0 saturated heterocycles. The van der Waals surface area contributed by atoms with Gasteiger partial charge in [-0.15, -0.1) is 0 Å². The van der Waals surface area contributed by atoms with Gasteiger partial charge in [0.1, 0.15) is 4.90 Å². The highest BCUT2D eigenvalue weighted by molar-refractivity contribution is 7.92. The molecular weight excluding hydrogens is 399 g/mol. The second-order valence-electron chi connectivity index (χ2n) is 4.41. The van der Waals surface area contributed by atoms with Gasteiger partial charge >= 0.3 is 0 Å². The van der Waals surface area contributed by atoms with E-state index < -0.39 is 20.1 Å². The molecule has 2 aromatic rings. The molecule has 0 fully saturated rings. The smallest absolute Gasteiger partial charge is 0.294 e. The Balaban J connectivity index is 0.00000288. The van der Waals surface area contributed by atoms with Crippen molar-refractivity contribution in [3.63, 3.8) is 0 Å². The van der Waals surface area contributed by atoms with Gasteiger partial charge in [-0.3, -0.25) is 9.27 Å². The van der Waals surface area contributed by atoms with E-state index in [1.807, 2.05) is 0 Å². The molecule has 0 aromatic heterocycles. The van der Waals surface area contributed by atoms with Gasteiger partial charge in [-0.25, -0.2) is 8.42 Å². The van der Waals surface area contributed by atoms with Crippen molar-refractivity contribution in [2.24, 2.45) is 0 Å². The Hall–Kier alpha value is -1.52. The van der Waals surface area contributed by atoms with Crippen molar-refractivity contribution < 1.29 is 21.4 Å². The number of halogens is 2. The van der Waals surface area contributed by atoms with Crippen LogP contribution in [0, 0.1) is 0 Å². The van der Waals surface area contributed by atoms with Gasteiger partial charge in [0.15, 0.2) is 0 Å². The van der Waals surface area contributed by atoms with Crippen LogP contribution in [0.25, 0.3) is 0 Å². The molecule has 2 aromatic carbocycles. The summed E-state index contributed by atoms with van der Waals surface area (Å²) in [5.74, 6) is 0. The molecule has 0 aliphatic rings. The van der Waals surface area contributed by atoms with Crippen LogP contribution in [-0.2, 0) is 20.1 Å². The van der Waals surface area contributed by atoms with Gasteiger partial charge in [-0.05, 0) is 36.4 Å². The van der Waals surface area contributed by atoms with E-state index in [-0.39, 0.29) is 38.6 Å². The SMILES string of the molecule is C.Nc1cc(Cl)c(S(=O)(=O)Nc2ccc(S(=O)(=O)O)cc2)cc1Cl. The fourth-order valence-electron chi connectivity index (χ4n) is 1.65. The van der Waals surface area contributed by atoms with Crippen molar-refractivity contribution >= 4 is 54.7 Å². The molecule has 0 saturated carbocycles. The monoisotopic (exact) mass is 412 g/mol. The second kappa shape index (κ2) is 7.16. The molecule has 24 heavy (non-hydrogen) atoms. The number of sulfonamides is 1. The van der Waals surface area contributed by atoms with Crippen LogP contribution >= 0.6 is 23.2 Å². The third-order valence-corrected chi connectivity index (χ3v) is 5.79. The fourth-order valence-corrected chi connectivity index (χ4v) is 3.99. The fraction of sp³-hybridized carbons (Fsp3) is 0.0769. The van der Waals surface area contributed by atoms with Gasteiger partial charge in [-0.2, -0.15) is 8.42 Å². The lowest BCUT2D eigenvalue weighted by Crippen LogP contribution is -2.14. The Kier molecular flexibility index (Phi) is 6.12. The molecule has 0 atom stereocenters. The van der Waals surface area contributed by atoms with Crippen molar-refractivity contribution in [3.8, 4) is 0 Å². The van der Waals surface area contributed by atoms with Crippen LogP contribution in [0.4, 0.5) is 11.4 Å². The number of anilines is 2. The molecule has 0 unspecified atom stereocenters. The van der Waals surface area contributed by atoms with Crippen LogP contribution in [0.15, 0.2) is 46.2 Å². The molecule has 7 nitrogen and oxygen atoms in total. The van der Waals surface area contributed by atoms with Crippen molar-refractivity contribution in [2.45, 2.75) is 17.2 Å². The summed E-state index contributed by atoms with van der Waals surface area (Å²) in [4.78, 5) is -0.647.